The van der Waals surface area contributed by atoms with Crippen LogP contribution >= 0.6 is 11.8 Å². The lowest BCUT2D eigenvalue weighted by molar-refractivity contribution is -0.128. The van der Waals surface area contributed by atoms with Crippen LogP contribution in [0.2, 0.25) is 0 Å². The smallest absolute Gasteiger partial charge is 0.242 e. The Bertz CT molecular complexity index is 1030. The lowest BCUT2D eigenvalue weighted by Gasteiger charge is -2.15. The van der Waals surface area contributed by atoms with Crippen LogP contribution in [0.4, 0.5) is 11.4 Å². The summed E-state index contributed by atoms with van der Waals surface area (Å²) in [6.45, 7) is 10.5. The van der Waals surface area contributed by atoms with Gasteiger partial charge in [0.25, 0.3) is 0 Å². The molecule has 1 fully saturated rings. The number of rotatable bonds is 6. The maximum atomic E-state index is 12.9. The fraction of sp³-hybridized carbons (Fsp3) is 0.375. The van der Waals surface area contributed by atoms with Gasteiger partial charge in [-0.15, -0.1) is 0 Å². The van der Waals surface area contributed by atoms with E-state index in [1.807, 2.05) is 45.9 Å². The topological polar surface area (TPSA) is 71.0 Å². The summed E-state index contributed by atoms with van der Waals surface area (Å²) in [4.78, 5) is 32.1. The third-order valence-corrected chi connectivity index (χ3v) is 6.35. The van der Waals surface area contributed by atoms with E-state index in [2.05, 4.69) is 24.4 Å². The number of aryl methyl sites for hydroxylation is 4. The lowest BCUT2D eigenvalue weighted by atomic mass is 10.1. The number of hydrogen-bond donors (Lipinski definition) is 1. The number of benzene rings is 2. The Balaban J connectivity index is 1.79. The summed E-state index contributed by atoms with van der Waals surface area (Å²) in [5.41, 5.74) is 5.83. The number of aliphatic imine (C=N–C) groups is 1. The van der Waals surface area contributed by atoms with Crippen molar-refractivity contribution in [3.63, 3.8) is 0 Å². The van der Waals surface area contributed by atoms with Gasteiger partial charge in [0, 0.05) is 13.0 Å². The van der Waals surface area contributed by atoms with Gasteiger partial charge in [-0.3, -0.25) is 14.5 Å². The van der Waals surface area contributed by atoms with Crippen molar-refractivity contribution >= 4 is 40.1 Å². The Kier molecular flexibility index (Phi) is 7.05. The first kappa shape index (κ1) is 22.9. The van der Waals surface area contributed by atoms with Gasteiger partial charge in [0.1, 0.15) is 11.0 Å². The maximum Gasteiger partial charge on any atom is 0.242 e. The number of thioether (sulfide) groups is 1. The van der Waals surface area contributed by atoms with E-state index in [1.54, 1.807) is 12.0 Å². The fourth-order valence-electron chi connectivity index (χ4n) is 3.75. The minimum Gasteiger partial charge on any atom is -0.495 e. The molecule has 2 aromatic carbocycles. The molecule has 6 nitrogen and oxygen atoms in total. The molecule has 7 heteroatoms. The van der Waals surface area contributed by atoms with Crippen LogP contribution in [0, 0.1) is 27.7 Å². The highest BCUT2D eigenvalue weighted by Gasteiger charge is 2.38. The molecule has 1 aliphatic heterocycles. The predicted octanol–water partition coefficient (Wildman–Crippen LogP) is 4.91. The molecule has 0 aromatic heterocycles. The van der Waals surface area contributed by atoms with Crippen molar-refractivity contribution in [2.75, 3.05) is 19.0 Å². The van der Waals surface area contributed by atoms with E-state index in [4.69, 9.17) is 9.73 Å². The molecule has 0 radical (unpaired) electrons. The van der Waals surface area contributed by atoms with E-state index in [0.29, 0.717) is 23.1 Å². The number of carbonyl (C=O) groups excluding carboxylic acids is 2. The summed E-state index contributed by atoms with van der Waals surface area (Å²) in [6, 6.07) is 9.76. The molecule has 3 rings (SSSR count). The van der Waals surface area contributed by atoms with Crippen molar-refractivity contribution in [1.29, 1.82) is 0 Å². The van der Waals surface area contributed by atoms with Crippen molar-refractivity contribution in [1.82, 2.24) is 4.90 Å². The Morgan fingerprint density at radius 3 is 2.42 bits per heavy atom. The van der Waals surface area contributed by atoms with E-state index in [0.717, 1.165) is 22.4 Å². The molecule has 2 amide bonds. The number of ether oxygens (including phenoxy) is 1. The summed E-state index contributed by atoms with van der Waals surface area (Å²) >= 11 is 1.35. The monoisotopic (exact) mass is 439 g/mol. The SMILES string of the molecule is CCN1C(=O)C(CC(=O)Nc2cc(C)ccc2OC)SC1=Nc1c(C)cc(C)cc1C. The minimum absolute atomic E-state index is 0.0714. The van der Waals surface area contributed by atoms with Crippen LogP contribution in [0.5, 0.6) is 5.75 Å². The molecule has 31 heavy (non-hydrogen) atoms. The van der Waals surface area contributed by atoms with Gasteiger partial charge in [-0.25, -0.2) is 4.99 Å². The first-order valence-corrected chi connectivity index (χ1v) is 11.2. The zero-order valence-electron chi connectivity index (χ0n) is 18.9. The van der Waals surface area contributed by atoms with Gasteiger partial charge >= 0.3 is 0 Å². The fourth-order valence-corrected chi connectivity index (χ4v) is 4.96. The summed E-state index contributed by atoms with van der Waals surface area (Å²) in [5.74, 6) is 0.280. The molecule has 164 valence electrons. The van der Waals surface area contributed by atoms with Crippen molar-refractivity contribution < 1.29 is 14.3 Å². The third-order valence-electron chi connectivity index (χ3n) is 5.18. The van der Waals surface area contributed by atoms with Gasteiger partial charge in [0.15, 0.2) is 5.17 Å². The van der Waals surface area contributed by atoms with E-state index >= 15 is 0 Å². The van der Waals surface area contributed by atoms with Crippen molar-refractivity contribution in [3.05, 3.63) is 52.6 Å². The highest BCUT2D eigenvalue weighted by Crippen LogP contribution is 2.34. The average Bonchev–Trinajstić information content (AvgIpc) is 2.99. The van der Waals surface area contributed by atoms with Crippen LogP contribution < -0.4 is 10.1 Å². The van der Waals surface area contributed by atoms with E-state index in [9.17, 15) is 9.59 Å². The molecule has 1 saturated heterocycles. The Morgan fingerprint density at radius 2 is 1.81 bits per heavy atom. The minimum atomic E-state index is -0.499. The lowest BCUT2D eigenvalue weighted by Crippen LogP contribution is -2.33. The number of nitrogens with zero attached hydrogens (tertiary/aromatic N) is 2. The Morgan fingerprint density at radius 1 is 1.13 bits per heavy atom. The van der Waals surface area contributed by atoms with Gasteiger partial charge in [0.05, 0.1) is 18.5 Å². The first-order valence-electron chi connectivity index (χ1n) is 10.3. The maximum absolute atomic E-state index is 12.9. The van der Waals surface area contributed by atoms with Gasteiger partial charge in [0.2, 0.25) is 11.8 Å². The molecule has 0 aliphatic carbocycles. The molecule has 0 saturated carbocycles. The zero-order chi connectivity index (χ0) is 22.7. The summed E-state index contributed by atoms with van der Waals surface area (Å²) in [5, 5.41) is 3.03. The number of carbonyl (C=O) groups is 2. The van der Waals surface area contributed by atoms with Crippen LogP contribution in [0.3, 0.4) is 0 Å². The Labute approximate surface area is 188 Å². The quantitative estimate of drug-likeness (QED) is 0.694. The van der Waals surface area contributed by atoms with E-state index in [-0.39, 0.29) is 18.2 Å². The molecular weight excluding hydrogens is 410 g/mol. The molecule has 2 aromatic rings. The van der Waals surface area contributed by atoms with Crippen LogP contribution in [0.25, 0.3) is 0 Å². The van der Waals surface area contributed by atoms with Crippen LogP contribution in [0.15, 0.2) is 35.3 Å². The number of anilines is 1. The summed E-state index contributed by atoms with van der Waals surface area (Å²) in [6.07, 6.45) is 0.0714. The second-order valence-electron chi connectivity index (χ2n) is 7.79. The number of nitrogens with one attached hydrogen (secondary N) is 1. The molecule has 1 atom stereocenters. The number of hydrogen-bond acceptors (Lipinski definition) is 5. The molecule has 0 spiro atoms. The predicted molar refractivity (Wildman–Crippen MR) is 127 cm³/mol. The number of methoxy groups -OCH3 is 1. The molecule has 1 heterocycles. The second-order valence-corrected chi connectivity index (χ2v) is 8.96. The highest BCUT2D eigenvalue weighted by molar-refractivity contribution is 8.15. The second kappa shape index (κ2) is 9.56. The van der Waals surface area contributed by atoms with Crippen molar-refractivity contribution in [2.45, 2.75) is 46.3 Å². The van der Waals surface area contributed by atoms with Crippen molar-refractivity contribution in [3.8, 4) is 5.75 Å². The standard InChI is InChI=1S/C24H29N3O3S/c1-7-27-23(29)20(13-21(28)25-18-12-14(2)8-9-19(18)30-6)31-24(27)26-22-16(4)10-15(3)11-17(22)5/h8-12,20H,7,13H2,1-6H3,(H,25,28). The van der Waals surface area contributed by atoms with Gasteiger partial charge < -0.3 is 10.1 Å². The van der Waals surface area contributed by atoms with E-state index < -0.39 is 5.25 Å². The van der Waals surface area contributed by atoms with Crippen LogP contribution in [-0.2, 0) is 9.59 Å². The number of amidine groups is 1. The van der Waals surface area contributed by atoms with E-state index in [1.165, 1.54) is 17.3 Å². The van der Waals surface area contributed by atoms with Crippen molar-refractivity contribution in [2.24, 2.45) is 4.99 Å². The van der Waals surface area contributed by atoms with Crippen LogP contribution in [-0.4, -0.2) is 40.8 Å². The zero-order valence-corrected chi connectivity index (χ0v) is 19.7. The highest BCUT2D eigenvalue weighted by atomic mass is 32.2. The van der Waals surface area contributed by atoms with Crippen LogP contribution in [0.1, 0.15) is 35.6 Å². The molecular formula is C24H29N3O3S. The van der Waals surface area contributed by atoms with Gasteiger partial charge in [-0.1, -0.05) is 35.5 Å². The largest absolute Gasteiger partial charge is 0.495 e. The van der Waals surface area contributed by atoms with Gasteiger partial charge in [-0.2, -0.15) is 0 Å². The molecule has 1 N–H and O–H groups in total. The molecule has 1 unspecified atom stereocenters. The Hall–Kier alpha value is -2.80. The first-order chi connectivity index (χ1) is 14.7. The summed E-state index contributed by atoms with van der Waals surface area (Å²) < 4.78 is 5.33. The molecule has 0 bridgehead atoms. The van der Waals surface area contributed by atoms with Gasteiger partial charge in [-0.05, 0) is 63.4 Å². The summed E-state index contributed by atoms with van der Waals surface area (Å²) in [7, 11) is 1.56. The normalized spacial score (nSPS) is 17.4. The molecule has 1 aliphatic rings. The number of amides is 2. The third kappa shape index (κ3) is 5.10. The average molecular weight is 440 g/mol.